The van der Waals surface area contributed by atoms with E-state index in [1.165, 1.54) is 13.3 Å². The third kappa shape index (κ3) is 4.74. The molecule has 2 aromatic carbocycles. The molecule has 1 unspecified atom stereocenters. The molecule has 3 rings (SSSR count). The van der Waals surface area contributed by atoms with Crippen molar-refractivity contribution in [2.75, 3.05) is 26.1 Å². The largest absolute Gasteiger partial charge is 0.493 e. The first kappa shape index (κ1) is 21.2. The first-order valence-corrected chi connectivity index (χ1v) is 9.23. The molecule has 7 nitrogen and oxygen atoms in total. The number of nitrogens with zero attached hydrogens (tertiary/aromatic N) is 1. The predicted octanol–water partition coefficient (Wildman–Crippen LogP) is 4.34. The zero-order valence-electron chi connectivity index (χ0n) is 16.3. The highest BCUT2D eigenvalue weighted by atomic mass is 35.5. The Kier molecular flexibility index (Phi) is 6.96. The molecule has 154 valence electrons. The molecule has 0 spiro atoms. The lowest BCUT2D eigenvalue weighted by atomic mass is 10.1. The lowest BCUT2D eigenvalue weighted by Gasteiger charge is -2.16. The Hall–Kier alpha value is -3.47. The number of nitrogens with one attached hydrogen (secondary N) is 1. The van der Waals surface area contributed by atoms with Crippen molar-refractivity contribution in [3.05, 3.63) is 59.2 Å². The smallest absolute Gasteiger partial charge is 0.260 e. The fraction of sp³-hybridized carbons (Fsp3) is 0.182. The van der Waals surface area contributed by atoms with E-state index in [0.717, 1.165) is 5.56 Å². The van der Waals surface area contributed by atoms with Crippen LogP contribution in [0, 0.1) is 12.3 Å². The number of terminal acetylenes is 1. The van der Waals surface area contributed by atoms with Gasteiger partial charge in [-0.1, -0.05) is 40.9 Å². The average molecular weight is 427 g/mol. The highest BCUT2D eigenvalue weighted by Crippen LogP contribution is 2.35. The third-order valence-corrected chi connectivity index (χ3v) is 4.50. The zero-order valence-corrected chi connectivity index (χ0v) is 17.1. The van der Waals surface area contributed by atoms with Crippen molar-refractivity contribution in [1.29, 1.82) is 0 Å². The van der Waals surface area contributed by atoms with Crippen LogP contribution in [-0.4, -0.2) is 31.9 Å². The SMILES string of the molecule is C#CCOC(C(=O)Nc1oncc1-c1ccc(OC)c(OC)c1)c1ccc(Cl)cc1. The Morgan fingerprint density at radius 3 is 2.60 bits per heavy atom. The molecule has 0 bridgehead atoms. The van der Waals surface area contributed by atoms with E-state index in [4.69, 9.17) is 36.8 Å². The van der Waals surface area contributed by atoms with Gasteiger partial charge in [-0.2, -0.15) is 0 Å². The van der Waals surface area contributed by atoms with Crippen molar-refractivity contribution in [1.82, 2.24) is 5.16 Å². The zero-order chi connectivity index (χ0) is 21.5. The summed E-state index contributed by atoms with van der Waals surface area (Å²) in [6.07, 6.45) is 5.83. The minimum absolute atomic E-state index is 0.0420. The van der Waals surface area contributed by atoms with E-state index < -0.39 is 12.0 Å². The molecule has 1 heterocycles. The number of anilines is 1. The quantitative estimate of drug-likeness (QED) is 0.539. The van der Waals surface area contributed by atoms with Crippen LogP contribution in [0.1, 0.15) is 11.7 Å². The second-order valence-electron chi connectivity index (χ2n) is 6.07. The Morgan fingerprint density at radius 1 is 1.20 bits per heavy atom. The Bertz CT molecular complexity index is 1060. The summed E-state index contributed by atoms with van der Waals surface area (Å²) in [5.74, 6) is 3.17. The van der Waals surface area contributed by atoms with E-state index in [9.17, 15) is 4.79 Å². The average Bonchev–Trinajstić information content (AvgIpc) is 3.22. The number of carbonyl (C=O) groups excluding carboxylic acids is 1. The number of carbonyl (C=O) groups is 1. The molecule has 0 saturated heterocycles. The van der Waals surface area contributed by atoms with Crippen molar-refractivity contribution in [2.24, 2.45) is 0 Å². The standard InChI is InChI=1S/C22H19ClN2O5/c1-4-11-29-20(14-5-8-16(23)9-6-14)21(26)25-22-17(13-24-30-22)15-7-10-18(27-2)19(12-15)28-3/h1,5-10,12-13,20H,11H2,2-3H3,(H,25,26). The van der Waals surface area contributed by atoms with Crippen molar-refractivity contribution in [3.63, 3.8) is 0 Å². The second kappa shape index (κ2) is 9.83. The van der Waals surface area contributed by atoms with Gasteiger partial charge < -0.3 is 18.7 Å². The van der Waals surface area contributed by atoms with Gasteiger partial charge in [-0.15, -0.1) is 6.42 Å². The van der Waals surface area contributed by atoms with Crippen LogP contribution in [0.3, 0.4) is 0 Å². The number of methoxy groups -OCH3 is 2. The van der Waals surface area contributed by atoms with E-state index in [1.807, 2.05) is 0 Å². The second-order valence-corrected chi connectivity index (χ2v) is 6.51. The van der Waals surface area contributed by atoms with E-state index in [0.29, 0.717) is 27.6 Å². The first-order valence-electron chi connectivity index (χ1n) is 8.85. The van der Waals surface area contributed by atoms with Gasteiger partial charge in [0.25, 0.3) is 5.91 Å². The summed E-state index contributed by atoms with van der Waals surface area (Å²) in [6.45, 7) is -0.0420. The molecule has 0 aliphatic carbocycles. The van der Waals surface area contributed by atoms with Gasteiger partial charge in [0.15, 0.2) is 17.6 Å². The maximum Gasteiger partial charge on any atom is 0.260 e. The molecule has 0 fully saturated rings. The van der Waals surface area contributed by atoms with Crippen molar-refractivity contribution >= 4 is 23.4 Å². The maximum atomic E-state index is 12.9. The predicted molar refractivity (Wildman–Crippen MR) is 113 cm³/mol. The summed E-state index contributed by atoms with van der Waals surface area (Å²) in [5, 5.41) is 7.06. The lowest BCUT2D eigenvalue weighted by Crippen LogP contribution is -2.23. The van der Waals surface area contributed by atoms with Gasteiger partial charge in [-0.25, -0.2) is 0 Å². The molecule has 0 saturated carbocycles. The topological polar surface area (TPSA) is 82.8 Å². The molecule has 1 N–H and O–H groups in total. The van der Waals surface area contributed by atoms with Gasteiger partial charge in [0, 0.05) is 5.02 Å². The number of benzene rings is 2. The number of aromatic nitrogens is 1. The van der Waals surface area contributed by atoms with Gasteiger partial charge in [-0.05, 0) is 35.4 Å². The molecule has 0 aliphatic rings. The van der Waals surface area contributed by atoms with Gasteiger partial charge in [0.1, 0.15) is 6.61 Å². The minimum atomic E-state index is -0.957. The molecule has 0 aliphatic heterocycles. The summed E-state index contributed by atoms with van der Waals surface area (Å²) in [7, 11) is 3.09. The van der Waals surface area contributed by atoms with E-state index >= 15 is 0 Å². The van der Waals surface area contributed by atoms with Crippen LogP contribution in [0.5, 0.6) is 11.5 Å². The maximum absolute atomic E-state index is 12.9. The van der Waals surface area contributed by atoms with Crippen LogP contribution >= 0.6 is 11.6 Å². The van der Waals surface area contributed by atoms with Gasteiger partial charge >= 0.3 is 0 Å². The molecule has 8 heteroatoms. The van der Waals surface area contributed by atoms with Gasteiger partial charge in [0.2, 0.25) is 5.88 Å². The summed E-state index contributed by atoms with van der Waals surface area (Å²) < 4.78 is 21.4. The Balaban J connectivity index is 1.87. The number of halogens is 1. The number of ether oxygens (including phenoxy) is 3. The van der Waals surface area contributed by atoms with Gasteiger partial charge in [0.05, 0.1) is 26.0 Å². The Morgan fingerprint density at radius 2 is 1.93 bits per heavy atom. The molecule has 30 heavy (non-hydrogen) atoms. The Labute approximate surface area is 178 Å². The summed E-state index contributed by atoms with van der Waals surface area (Å²) in [5.41, 5.74) is 1.88. The molecule has 0 radical (unpaired) electrons. The summed E-state index contributed by atoms with van der Waals surface area (Å²) in [6, 6.07) is 12.0. The van der Waals surface area contributed by atoms with Crippen molar-refractivity contribution in [3.8, 4) is 35.0 Å². The van der Waals surface area contributed by atoms with Gasteiger partial charge in [-0.3, -0.25) is 10.1 Å². The van der Waals surface area contributed by atoms with Crippen LogP contribution in [0.15, 0.2) is 53.2 Å². The fourth-order valence-electron chi connectivity index (χ4n) is 2.81. The molecule has 1 amide bonds. The van der Waals surface area contributed by atoms with Crippen LogP contribution in [0.2, 0.25) is 5.02 Å². The molecular formula is C22H19ClN2O5. The van der Waals surface area contributed by atoms with Crippen LogP contribution in [0.25, 0.3) is 11.1 Å². The molecule has 1 aromatic heterocycles. The fourth-order valence-corrected chi connectivity index (χ4v) is 2.93. The van der Waals surface area contributed by atoms with E-state index in [-0.39, 0.29) is 12.5 Å². The van der Waals surface area contributed by atoms with Crippen LogP contribution < -0.4 is 14.8 Å². The number of hydrogen-bond donors (Lipinski definition) is 1. The lowest BCUT2D eigenvalue weighted by molar-refractivity contribution is -0.127. The normalized spacial score (nSPS) is 11.4. The van der Waals surface area contributed by atoms with E-state index in [2.05, 4.69) is 16.4 Å². The monoisotopic (exact) mass is 426 g/mol. The van der Waals surface area contributed by atoms with E-state index in [1.54, 1.807) is 49.6 Å². The summed E-state index contributed by atoms with van der Waals surface area (Å²) in [4.78, 5) is 12.9. The third-order valence-electron chi connectivity index (χ3n) is 4.25. The van der Waals surface area contributed by atoms with Crippen molar-refractivity contribution in [2.45, 2.75) is 6.10 Å². The number of rotatable bonds is 8. The van der Waals surface area contributed by atoms with Crippen LogP contribution in [-0.2, 0) is 9.53 Å². The molecular weight excluding hydrogens is 408 g/mol. The molecule has 3 aromatic rings. The molecule has 1 atom stereocenters. The highest BCUT2D eigenvalue weighted by molar-refractivity contribution is 6.30. The first-order chi connectivity index (χ1) is 14.6. The number of amides is 1. The summed E-state index contributed by atoms with van der Waals surface area (Å²) >= 11 is 5.93. The minimum Gasteiger partial charge on any atom is -0.493 e. The van der Waals surface area contributed by atoms with Crippen molar-refractivity contribution < 1.29 is 23.5 Å². The van der Waals surface area contributed by atoms with Crippen LogP contribution in [0.4, 0.5) is 5.88 Å². The number of hydrogen-bond acceptors (Lipinski definition) is 6. The highest BCUT2D eigenvalue weighted by Gasteiger charge is 2.24.